The van der Waals surface area contributed by atoms with Crippen molar-refractivity contribution in [1.29, 1.82) is 0 Å². The lowest BCUT2D eigenvalue weighted by molar-refractivity contribution is 0.0299. The third-order valence-corrected chi connectivity index (χ3v) is 4.59. The van der Waals surface area contributed by atoms with Crippen LogP contribution in [0.1, 0.15) is 20.8 Å². The molecular weight excluding hydrogens is 308 g/mol. The van der Waals surface area contributed by atoms with Gasteiger partial charge in [-0.15, -0.1) is 10.2 Å². The first-order chi connectivity index (χ1) is 11.6. The number of hydrogen-bond donors (Lipinski definition) is 1. The minimum Gasteiger partial charge on any atom is -0.383 e. The molecule has 1 aliphatic heterocycles. The highest BCUT2D eigenvalue weighted by atomic mass is 16.5. The van der Waals surface area contributed by atoms with E-state index in [1.165, 1.54) is 6.33 Å². The van der Waals surface area contributed by atoms with Crippen molar-refractivity contribution >= 4 is 5.95 Å². The second kappa shape index (κ2) is 6.86. The molecule has 1 N–H and O–H groups in total. The summed E-state index contributed by atoms with van der Waals surface area (Å²) in [6, 6.07) is 0. The van der Waals surface area contributed by atoms with Crippen LogP contribution < -0.4 is 4.90 Å². The number of nitrogens with one attached hydrogen (secondary N) is 1. The maximum absolute atomic E-state index is 5.35. The molecule has 132 valence electrons. The maximum atomic E-state index is 5.35. The highest BCUT2D eigenvalue weighted by Crippen LogP contribution is 2.23. The average Bonchev–Trinajstić information content (AvgIpc) is 3.23. The van der Waals surface area contributed by atoms with Gasteiger partial charge in [0.1, 0.15) is 6.33 Å². The normalized spacial score (nSPS) is 16.8. The van der Waals surface area contributed by atoms with Crippen LogP contribution in [0.3, 0.4) is 0 Å². The molecule has 0 aromatic carbocycles. The van der Waals surface area contributed by atoms with Gasteiger partial charge < -0.3 is 9.64 Å². The van der Waals surface area contributed by atoms with Gasteiger partial charge in [-0.1, -0.05) is 0 Å². The van der Waals surface area contributed by atoms with Gasteiger partial charge in [0.25, 0.3) is 0 Å². The van der Waals surface area contributed by atoms with Crippen molar-refractivity contribution in [3.63, 3.8) is 0 Å². The number of aromatic nitrogens is 6. The Bertz CT molecular complexity index is 642. The van der Waals surface area contributed by atoms with E-state index >= 15 is 0 Å². The van der Waals surface area contributed by atoms with Crippen molar-refractivity contribution in [3.8, 4) is 11.6 Å². The lowest BCUT2D eigenvalue weighted by Gasteiger charge is -2.43. The fourth-order valence-corrected chi connectivity index (χ4v) is 3.26. The van der Waals surface area contributed by atoms with Crippen LogP contribution in [0, 0.1) is 0 Å². The summed E-state index contributed by atoms with van der Waals surface area (Å²) in [5.41, 5.74) is 0.0459. The highest BCUT2D eigenvalue weighted by molar-refractivity contribution is 5.48. The molecule has 2 aromatic heterocycles. The summed E-state index contributed by atoms with van der Waals surface area (Å²) in [6.45, 7) is 11.8. The van der Waals surface area contributed by atoms with E-state index < -0.39 is 0 Å². The van der Waals surface area contributed by atoms with Crippen LogP contribution >= 0.6 is 0 Å². The number of nitrogens with zero attached hydrogens (tertiary/aromatic N) is 7. The summed E-state index contributed by atoms with van der Waals surface area (Å²) >= 11 is 0. The Morgan fingerprint density at radius 3 is 2.54 bits per heavy atom. The van der Waals surface area contributed by atoms with E-state index in [4.69, 9.17) is 4.74 Å². The summed E-state index contributed by atoms with van der Waals surface area (Å²) in [4.78, 5) is 8.94. The van der Waals surface area contributed by atoms with Gasteiger partial charge in [0.05, 0.1) is 6.61 Å². The molecule has 9 heteroatoms. The standard InChI is InChI=1S/C15H26N8O/c1-5-23-13(12-16-11-17-18-12)19-20-14(23)21-6-8-22(9-7-21)15(2,3)10-24-4/h11H,5-10H2,1-4H3,(H,16,17,18). The van der Waals surface area contributed by atoms with Crippen LogP contribution in [-0.4, -0.2) is 80.3 Å². The van der Waals surface area contributed by atoms with Gasteiger partial charge in [-0.2, -0.15) is 5.10 Å². The smallest absolute Gasteiger partial charge is 0.227 e. The summed E-state index contributed by atoms with van der Waals surface area (Å²) in [5.74, 6) is 2.27. The van der Waals surface area contributed by atoms with Crippen LogP contribution in [0.15, 0.2) is 6.33 Å². The molecule has 1 aliphatic rings. The zero-order valence-corrected chi connectivity index (χ0v) is 14.9. The number of H-pyrrole nitrogens is 1. The lowest BCUT2D eigenvalue weighted by atomic mass is 10.0. The predicted molar refractivity (Wildman–Crippen MR) is 90.8 cm³/mol. The number of hydrogen-bond acceptors (Lipinski definition) is 7. The Morgan fingerprint density at radius 1 is 1.21 bits per heavy atom. The molecule has 0 atom stereocenters. The number of ether oxygens (including phenoxy) is 1. The van der Waals surface area contributed by atoms with E-state index in [9.17, 15) is 0 Å². The van der Waals surface area contributed by atoms with Crippen LogP contribution in [0.5, 0.6) is 0 Å². The predicted octanol–water partition coefficient (Wildman–Crippen LogP) is 0.630. The number of rotatable bonds is 6. The zero-order chi connectivity index (χ0) is 17.2. The van der Waals surface area contributed by atoms with Gasteiger partial charge in [0.15, 0.2) is 5.82 Å². The largest absolute Gasteiger partial charge is 0.383 e. The van der Waals surface area contributed by atoms with Crippen LogP contribution in [0.25, 0.3) is 11.6 Å². The molecule has 24 heavy (non-hydrogen) atoms. The Balaban J connectivity index is 1.73. The first-order valence-electron chi connectivity index (χ1n) is 8.34. The molecule has 9 nitrogen and oxygen atoms in total. The molecule has 3 heterocycles. The van der Waals surface area contributed by atoms with Crippen LogP contribution in [-0.2, 0) is 11.3 Å². The Kier molecular flexibility index (Phi) is 4.81. The first-order valence-corrected chi connectivity index (χ1v) is 8.34. The highest BCUT2D eigenvalue weighted by Gasteiger charge is 2.31. The molecule has 0 saturated carbocycles. The molecule has 3 rings (SSSR count). The monoisotopic (exact) mass is 334 g/mol. The van der Waals surface area contributed by atoms with Gasteiger partial charge in [0, 0.05) is 45.4 Å². The topological polar surface area (TPSA) is 88.0 Å². The van der Waals surface area contributed by atoms with E-state index in [0.29, 0.717) is 5.82 Å². The maximum Gasteiger partial charge on any atom is 0.227 e. The van der Waals surface area contributed by atoms with Gasteiger partial charge >= 0.3 is 0 Å². The van der Waals surface area contributed by atoms with E-state index in [1.807, 2.05) is 0 Å². The van der Waals surface area contributed by atoms with Crippen LogP contribution in [0.4, 0.5) is 5.95 Å². The van der Waals surface area contributed by atoms with Gasteiger partial charge in [0.2, 0.25) is 11.8 Å². The molecule has 0 aliphatic carbocycles. The summed E-state index contributed by atoms with van der Waals surface area (Å²) in [7, 11) is 1.76. The van der Waals surface area contributed by atoms with Crippen molar-refractivity contribution in [2.75, 3.05) is 44.8 Å². The van der Waals surface area contributed by atoms with Gasteiger partial charge in [-0.25, -0.2) is 4.98 Å². The first kappa shape index (κ1) is 16.8. The number of aromatic amines is 1. The van der Waals surface area contributed by atoms with Gasteiger partial charge in [-0.05, 0) is 20.8 Å². The molecular formula is C15H26N8O. The third-order valence-electron chi connectivity index (χ3n) is 4.59. The summed E-state index contributed by atoms with van der Waals surface area (Å²) in [5, 5.41) is 15.5. The Labute approximate surface area is 142 Å². The second-order valence-electron chi connectivity index (χ2n) is 6.62. The Morgan fingerprint density at radius 2 is 1.96 bits per heavy atom. The molecule has 0 bridgehead atoms. The zero-order valence-electron chi connectivity index (χ0n) is 14.9. The Hall–Kier alpha value is -2.00. The minimum absolute atomic E-state index is 0.0459. The molecule has 2 aromatic rings. The molecule has 0 spiro atoms. The van der Waals surface area contributed by atoms with Crippen molar-refractivity contribution in [2.45, 2.75) is 32.9 Å². The van der Waals surface area contributed by atoms with E-state index in [2.05, 4.69) is 60.5 Å². The van der Waals surface area contributed by atoms with Crippen molar-refractivity contribution in [2.24, 2.45) is 0 Å². The minimum atomic E-state index is 0.0459. The second-order valence-corrected chi connectivity index (χ2v) is 6.62. The average molecular weight is 334 g/mol. The molecule has 0 radical (unpaired) electrons. The van der Waals surface area contributed by atoms with Crippen molar-refractivity contribution < 1.29 is 4.74 Å². The molecule has 1 saturated heterocycles. The van der Waals surface area contributed by atoms with Crippen molar-refractivity contribution in [3.05, 3.63) is 6.33 Å². The van der Waals surface area contributed by atoms with Gasteiger partial charge in [-0.3, -0.25) is 14.6 Å². The van der Waals surface area contributed by atoms with Crippen LogP contribution in [0.2, 0.25) is 0 Å². The lowest BCUT2D eigenvalue weighted by Crippen LogP contribution is -2.56. The summed E-state index contributed by atoms with van der Waals surface area (Å²) in [6.07, 6.45) is 1.49. The fraction of sp³-hybridized carbons (Fsp3) is 0.733. The fourth-order valence-electron chi connectivity index (χ4n) is 3.26. The molecule has 0 unspecified atom stereocenters. The van der Waals surface area contributed by atoms with E-state index in [-0.39, 0.29) is 5.54 Å². The number of piperazine rings is 1. The molecule has 1 fully saturated rings. The van der Waals surface area contributed by atoms with E-state index in [0.717, 1.165) is 51.1 Å². The van der Waals surface area contributed by atoms with E-state index in [1.54, 1.807) is 7.11 Å². The summed E-state index contributed by atoms with van der Waals surface area (Å²) < 4.78 is 7.43. The number of methoxy groups -OCH3 is 1. The molecule has 0 amide bonds. The SMILES string of the molecule is CCn1c(-c2ncn[nH]2)nnc1N1CCN(C(C)(C)COC)CC1. The van der Waals surface area contributed by atoms with Crippen molar-refractivity contribution in [1.82, 2.24) is 34.8 Å². The number of anilines is 1. The quantitative estimate of drug-likeness (QED) is 0.829. The third kappa shape index (κ3) is 3.13.